The number of rotatable bonds is 7. The van der Waals surface area contributed by atoms with Gasteiger partial charge in [-0.3, -0.25) is 14.5 Å². The van der Waals surface area contributed by atoms with Crippen molar-refractivity contribution in [2.24, 2.45) is 5.92 Å². The van der Waals surface area contributed by atoms with Crippen LogP contribution < -0.4 is 5.32 Å². The van der Waals surface area contributed by atoms with Gasteiger partial charge in [0.1, 0.15) is 6.26 Å². The summed E-state index contributed by atoms with van der Waals surface area (Å²) in [6.07, 6.45) is 4.41. The first kappa shape index (κ1) is 19.5. The Morgan fingerprint density at radius 1 is 1.24 bits per heavy atom. The van der Waals surface area contributed by atoms with Crippen LogP contribution in [0, 0.1) is 5.92 Å². The molecule has 0 aliphatic carbocycles. The lowest BCUT2D eigenvalue weighted by atomic mass is 9.95. The topological polar surface area (TPSA) is 65.8 Å². The molecule has 140 valence electrons. The van der Waals surface area contributed by atoms with Gasteiger partial charge in [0, 0.05) is 44.2 Å². The Labute approximate surface area is 150 Å². The lowest BCUT2D eigenvalue weighted by Gasteiger charge is -2.32. The summed E-state index contributed by atoms with van der Waals surface area (Å²) in [5.74, 6) is 0.0972. The maximum absolute atomic E-state index is 12.4. The van der Waals surface area contributed by atoms with E-state index in [4.69, 9.17) is 4.42 Å². The molecule has 0 saturated carbocycles. The molecule has 1 saturated heterocycles. The molecule has 0 radical (unpaired) electrons. The SMILES string of the molecule is CC(C)N(CCNC(=O)C1CCN(C(=O)c2ccoc2)CC1)C(C)C. The number of nitrogens with zero attached hydrogens (tertiary/aromatic N) is 2. The standard InChI is InChI=1S/C19H31N3O3/c1-14(2)22(15(3)4)11-8-20-18(23)16-5-9-21(10-6-16)19(24)17-7-12-25-13-17/h7,12-16H,5-6,8-11H2,1-4H3,(H,20,23). The van der Waals surface area contributed by atoms with Crippen LogP contribution in [0.15, 0.2) is 23.0 Å². The molecule has 1 N–H and O–H groups in total. The number of carbonyl (C=O) groups excluding carboxylic acids is 2. The number of carbonyl (C=O) groups is 2. The molecule has 25 heavy (non-hydrogen) atoms. The normalized spacial score (nSPS) is 16.0. The molecule has 2 amide bonds. The van der Waals surface area contributed by atoms with E-state index in [9.17, 15) is 9.59 Å². The number of nitrogens with one attached hydrogen (secondary N) is 1. The van der Waals surface area contributed by atoms with Crippen LogP contribution in [0.25, 0.3) is 0 Å². The zero-order valence-electron chi connectivity index (χ0n) is 15.8. The summed E-state index contributed by atoms with van der Waals surface area (Å²) in [4.78, 5) is 28.8. The highest BCUT2D eigenvalue weighted by atomic mass is 16.3. The van der Waals surface area contributed by atoms with Crippen molar-refractivity contribution in [3.8, 4) is 0 Å². The van der Waals surface area contributed by atoms with Crippen LogP contribution in [0.1, 0.15) is 50.9 Å². The van der Waals surface area contributed by atoms with Gasteiger partial charge in [-0.1, -0.05) is 0 Å². The van der Waals surface area contributed by atoms with E-state index in [1.807, 2.05) is 0 Å². The summed E-state index contributed by atoms with van der Waals surface area (Å²) < 4.78 is 4.97. The summed E-state index contributed by atoms with van der Waals surface area (Å²) in [5, 5.41) is 3.07. The Morgan fingerprint density at radius 2 is 1.88 bits per heavy atom. The van der Waals surface area contributed by atoms with Crippen LogP contribution in [-0.2, 0) is 4.79 Å². The average molecular weight is 349 g/mol. The molecule has 6 heteroatoms. The first-order chi connectivity index (χ1) is 11.9. The van der Waals surface area contributed by atoms with Crippen LogP contribution in [-0.4, -0.2) is 59.9 Å². The van der Waals surface area contributed by atoms with E-state index >= 15 is 0 Å². The molecular formula is C19H31N3O3. The van der Waals surface area contributed by atoms with Crippen molar-refractivity contribution in [2.75, 3.05) is 26.2 Å². The Bertz CT molecular complexity index is 538. The molecular weight excluding hydrogens is 318 g/mol. The molecule has 1 aromatic heterocycles. The van der Waals surface area contributed by atoms with Crippen LogP contribution in [0.5, 0.6) is 0 Å². The van der Waals surface area contributed by atoms with E-state index < -0.39 is 0 Å². The summed E-state index contributed by atoms with van der Waals surface area (Å²) >= 11 is 0. The van der Waals surface area contributed by atoms with Crippen LogP contribution in [0.2, 0.25) is 0 Å². The minimum Gasteiger partial charge on any atom is -0.472 e. The van der Waals surface area contributed by atoms with Gasteiger partial charge in [0.15, 0.2) is 0 Å². The minimum absolute atomic E-state index is 0.0000465. The first-order valence-corrected chi connectivity index (χ1v) is 9.25. The minimum atomic E-state index is -0.0166. The number of hydrogen-bond acceptors (Lipinski definition) is 4. The molecule has 2 heterocycles. The summed E-state index contributed by atoms with van der Waals surface area (Å²) in [7, 11) is 0. The van der Waals surface area contributed by atoms with Gasteiger partial charge in [0.05, 0.1) is 11.8 Å². The van der Waals surface area contributed by atoms with Crippen LogP contribution >= 0.6 is 0 Å². The third kappa shape index (κ3) is 5.33. The summed E-state index contributed by atoms with van der Waals surface area (Å²) in [6.45, 7) is 11.5. The lowest BCUT2D eigenvalue weighted by molar-refractivity contribution is -0.126. The highest BCUT2D eigenvalue weighted by Gasteiger charge is 2.28. The third-order valence-corrected chi connectivity index (χ3v) is 4.92. The molecule has 0 spiro atoms. The fourth-order valence-electron chi connectivity index (χ4n) is 3.48. The average Bonchev–Trinajstić information content (AvgIpc) is 3.11. The Kier molecular flexibility index (Phi) is 7.05. The smallest absolute Gasteiger partial charge is 0.257 e. The van der Waals surface area contributed by atoms with E-state index in [0.29, 0.717) is 50.1 Å². The highest BCUT2D eigenvalue weighted by molar-refractivity contribution is 5.94. The zero-order chi connectivity index (χ0) is 18.4. The fourth-order valence-corrected chi connectivity index (χ4v) is 3.48. The van der Waals surface area contributed by atoms with Crippen LogP contribution in [0.3, 0.4) is 0 Å². The highest BCUT2D eigenvalue weighted by Crippen LogP contribution is 2.19. The molecule has 1 aromatic rings. The van der Waals surface area contributed by atoms with Crippen molar-refractivity contribution >= 4 is 11.8 Å². The second kappa shape index (κ2) is 9.04. The van der Waals surface area contributed by atoms with Gasteiger partial charge in [-0.05, 0) is 46.6 Å². The maximum Gasteiger partial charge on any atom is 0.257 e. The monoisotopic (exact) mass is 349 g/mol. The predicted octanol–water partition coefficient (Wildman–Crippen LogP) is 2.37. The maximum atomic E-state index is 12.4. The molecule has 1 aliphatic heterocycles. The molecule has 0 bridgehead atoms. The quantitative estimate of drug-likeness (QED) is 0.821. The number of amides is 2. The van der Waals surface area contributed by atoms with Gasteiger partial charge in [-0.15, -0.1) is 0 Å². The van der Waals surface area contributed by atoms with E-state index in [-0.39, 0.29) is 17.7 Å². The molecule has 0 unspecified atom stereocenters. The van der Waals surface area contributed by atoms with Crippen LogP contribution in [0.4, 0.5) is 0 Å². The summed E-state index contributed by atoms with van der Waals surface area (Å²) in [5.41, 5.74) is 0.574. The molecule has 2 rings (SSSR count). The molecule has 0 aromatic carbocycles. The molecule has 1 aliphatic rings. The number of hydrogen-bond donors (Lipinski definition) is 1. The largest absolute Gasteiger partial charge is 0.472 e. The Morgan fingerprint density at radius 3 is 2.40 bits per heavy atom. The van der Waals surface area contributed by atoms with E-state index in [1.54, 1.807) is 11.0 Å². The van der Waals surface area contributed by atoms with Crippen molar-refractivity contribution in [3.05, 3.63) is 24.2 Å². The molecule has 6 nitrogen and oxygen atoms in total. The molecule has 0 atom stereocenters. The van der Waals surface area contributed by atoms with Crippen molar-refractivity contribution in [1.82, 2.24) is 15.1 Å². The molecule has 1 fully saturated rings. The van der Waals surface area contributed by atoms with E-state index in [0.717, 1.165) is 6.54 Å². The van der Waals surface area contributed by atoms with E-state index in [1.165, 1.54) is 12.5 Å². The summed E-state index contributed by atoms with van der Waals surface area (Å²) in [6, 6.07) is 2.61. The van der Waals surface area contributed by atoms with Gasteiger partial charge in [0.25, 0.3) is 5.91 Å². The van der Waals surface area contributed by atoms with Crippen molar-refractivity contribution in [1.29, 1.82) is 0 Å². The first-order valence-electron chi connectivity index (χ1n) is 9.25. The predicted molar refractivity (Wildman–Crippen MR) is 97.3 cm³/mol. The van der Waals surface area contributed by atoms with Crippen molar-refractivity contribution < 1.29 is 14.0 Å². The van der Waals surface area contributed by atoms with Gasteiger partial charge in [-0.25, -0.2) is 0 Å². The van der Waals surface area contributed by atoms with Gasteiger partial charge in [-0.2, -0.15) is 0 Å². The third-order valence-electron chi connectivity index (χ3n) is 4.92. The Balaban J connectivity index is 1.73. The van der Waals surface area contributed by atoms with Gasteiger partial charge >= 0.3 is 0 Å². The zero-order valence-corrected chi connectivity index (χ0v) is 15.8. The van der Waals surface area contributed by atoms with E-state index in [2.05, 4.69) is 37.9 Å². The number of likely N-dealkylation sites (tertiary alicyclic amines) is 1. The second-order valence-corrected chi connectivity index (χ2v) is 7.29. The second-order valence-electron chi connectivity index (χ2n) is 7.29. The lowest BCUT2D eigenvalue weighted by Crippen LogP contribution is -2.46. The Hall–Kier alpha value is -1.82. The number of piperidine rings is 1. The van der Waals surface area contributed by atoms with Gasteiger partial charge in [0.2, 0.25) is 5.91 Å². The van der Waals surface area contributed by atoms with Crippen molar-refractivity contribution in [3.63, 3.8) is 0 Å². The van der Waals surface area contributed by atoms with Gasteiger partial charge < -0.3 is 14.6 Å². The number of furan rings is 1. The van der Waals surface area contributed by atoms with Crippen molar-refractivity contribution in [2.45, 2.75) is 52.6 Å². The fraction of sp³-hybridized carbons (Fsp3) is 0.684.